The maximum absolute atomic E-state index is 12.2. The number of hydrogen-bond acceptors (Lipinski definition) is 5. The molecule has 1 aromatic heterocycles. The highest BCUT2D eigenvalue weighted by molar-refractivity contribution is 5.76. The Labute approximate surface area is 148 Å². The largest absolute Gasteiger partial charge is 0.497 e. The normalized spacial score (nSPS) is 10.2. The van der Waals surface area contributed by atoms with Crippen LogP contribution in [0.4, 0.5) is 5.69 Å². The fourth-order valence-corrected chi connectivity index (χ4v) is 2.41. The van der Waals surface area contributed by atoms with E-state index in [9.17, 15) is 4.79 Å². The van der Waals surface area contributed by atoms with E-state index in [1.54, 1.807) is 31.5 Å². The van der Waals surface area contributed by atoms with Crippen molar-refractivity contribution in [2.75, 3.05) is 39.7 Å². The lowest BCUT2D eigenvalue weighted by Gasteiger charge is -2.18. The van der Waals surface area contributed by atoms with Crippen molar-refractivity contribution in [1.29, 1.82) is 0 Å². The van der Waals surface area contributed by atoms with Crippen molar-refractivity contribution in [3.05, 3.63) is 48.3 Å². The number of aromatic nitrogens is 1. The molecule has 0 fully saturated rings. The van der Waals surface area contributed by atoms with Gasteiger partial charge in [-0.25, -0.2) is 0 Å². The van der Waals surface area contributed by atoms with E-state index in [1.165, 1.54) is 5.56 Å². The molecule has 6 heteroatoms. The number of nitrogens with one attached hydrogen (secondary N) is 1. The Morgan fingerprint density at radius 2 is 1.92 bits per heavy atom. The molecule has 0 radical (unpaired) electrons. The summed E-state index contributed by atoms with van der Waals surface area (Å²) >= 11 is 0. The smallest absolute Gasteiger partial charge is 0.224 e. The molecule has 0 saturated heterocycles. The van der Waals surface area contributed by atoms with E-state index in [0.29, 0.717) is 25.3 Å². The number of anilines is 1. The summed E-state index contributed by atoms with van der Waals surface area (Å²) in [6.45, 7) is 1.23. The Bertz CT molecular complexity index is 677. The predicted octanol–water partition coefficient (Wildman–Crippen LogP) is 2.60. The zero-order chi connectivity index (χ0) is 18.1. The lowest BCUT2D eigenvalue weighted by Crippen LogP contribution is -2.30. The number of ether oxygens (including phenoxy) is 2. The van der Waals surface area contributed by atoms with Crippen molar-refractivity contribution in [2.45, 2.75) is 12.8 Å². The minimum atomic E-state index is 0.106. The van der Waals surface area contributed by atoms with E-state index in [2.05, 4.69) is 10.3 Å². The quantitative estimate of drug-likeness (QED) is 0.758. The van der Waals surface area contributed by atoms with Crippen LogP contribution in [0.15, 0.2) is 42.7 Å². The van der Waals surface area contributed by atoms with E-state index in [4.69, 9.17) is 9.47 Å². The number of likely N-dealkylation sites (N-methyl/N-ethyl adjacent to an activating group) is 1. The van der Waals surface area contributed by atoms with Gasteiger partial charge in [0.2, 0.25) is 5.91 Å². The van der Waals surface area contributed by atoms with Gasteiger partial charge in [0.15, 0.2) is 0 Å². The maximum Gasteiger partial charge on any atom is 0.224 e. The summed E-state index contributed by atoms with van der Waals surface area (Å²) in [5.41, 5.74) is 2.02. The van der Waals surface area contributed by atoms with Gasteiger partial charge in [0.05, 0.1) is 19.9 Å². The van der Waals surface area contributed by atoms with Crippen molar-refractivity contribution in [1.82, 2.24) is 9.88 Å². The van der Waals surface area contributed by atoms with Gasteiger partial charge in [-0.3, -0.25) is 9.78 Å². The molecule has 1 amide bonds. The van der Waals surface area contributed by atoms with Gasteiger partial charge in [-0.1, -0.05) is 0 Å². The first-order chi connectivity index (χ1) is 12.1. The number of hydrogen-bond donors (Lipinski definition) is 1. The van der Waals surface area contributed by atoms with Crippen LogP contribution in [0.2, 0.25) is 0 Å². The summed E-state index contributed by atoms with van der Waals surface area (Å²) in [5, 5.41) is 3.24. The second kappa shape index (κ2) is 9.52. The van der Waals surface area contributed by atoms with Gasteiger partial charge in [0, 0.05) is 45.0 Å². The topological polar surface area (TPSA) is 63.7 Å². The first kappa shape index (κ1) is 18.6. The molecular weight excluding hydrogens is 318 g/mol. The Balaban J connectivity index is 1.78. The molecule has 6 nitrogen and oxygen atoms in total. The predicted molar refractivity (Wildman–Crippen MR) is 98.2 cm³/mol. The molecule has 2 rings (SSSR count). The highest BCUT2D eigenvalue weighted by Gasteiger charge is 2.10. The first-order valence-corrected chi connectivity index (χ1v) is 8.23. The van der Waals surface area contributed by atoms with Crippen LogP contribution in [-0.4, -0.2) is 50.1 Å². The lowest BCUT2D eigenvalue weighted by molar-refractivity contribution is -0.129. The fraction of sp³-hybridized carbons (Fsp3) is 0.368. The molecule has 0 aliphatic rings. The van der Waals surface area contributed by atoms with Gasteiger partial charge in [0.25, 0.3) is 0 Å². The standard InChI is InChI=1S/C19H25N3O3/c1-22(13-9-15-6-10-20-11-7-15)19(23)8-12-21-17-5-4-16(24-2)14-18(17)25-3/h4-7,10-11,14,21H,8-9,12-13H2,1-3H3. The van der Waals surface area contributed by atoms with E-state index in [-0.39, 0.29) is 5.91 Å². The molecule has 2 aromatic rings. The fourth-order valence-electron chi connectivity index (χ4n) is 2.41. The van der Waals surface area contributed by atoms with Crippen molar-refractivity contribution in [3.63, 3.8) is 0 Å². The minimum absolute atomic E-state index is 0.106. The van der Waals surface area contributed by atoms with E-state index in [1.807, 2.05) is 37.4 Å². The third-order valence-corrected chi connectivity index (χ3v) is 3.97. The summed E-state index contributed by atoms with van der Waals surface area (Å²) in [7, 11) is 5.05. The highest BCUT2D eigenvalue weighted by Crippen LogP contribution is 2.28. The molecule has 0 saturated carbocycles. The van der Waals surface area contributed by atoms with Gasteiger partial charge in [-0.15, -0.1) is 0 Å². The van der Waals surface area contributed by atoms with Crippen LogP contribution in [0.1, 0.15) is 12.0 Å². The summed E-state index contributed by atoms with van der Waals surface area (Å²) < 4.78 is 10.5. The maximum atomic E-state index is 12.2. The van der Waals surface area contributed by atoms with Crippen molar-refractivity contribution in [3.8, 4) is 11.5 Å². The summed E-state index contributed by atoms with van der Waals surface area (Å²) in [4.78, 5) is 18.0. The number of carbonyl (C=O) groups is 1. The van der Waals surface area contributed by atoms with Gasteiger partial charge in [0.1, 0.15) is 11.5 Å². The second-order valence-electron chi connectivity index (χ2n) is 5.66. The Hall–Kier alpha value is -2.76. The number of carbonyl (C=O) groups excluding carboxylic acids is 1. The summed E-state index contributed by atoms with van der Waals surface area (Å²) in [6, 6.07) is 9.49. The van der Waals surface area contributed by atoms with Crippen LogP contribution < -0.4 is 14.8 Å². The Kier molecular flexibility index (Phi) is 7.07. The van der Waals surface area contributed by atoms with Gasteiger partial charge < -0.3 is 19.7 Å². The van der Waals surface area contributed by atoms with Crippen molar-refractivity contribution in [2.24, 2.45) is 0 Å². The molecule has 134 valence electrons. The Morgan fingerprint density at radius 3 is 2.60 bits per heavy atom. The third kappa shape index (κ3) is 5.67. The summed E-state index contributed by atoms with van der Waals surface area (Å²) in [6.07, 6.45) is 4.78. The molecule has 0 bridgehead atoms. The average Bonchev–Trinajstić information content (AvgIpc) is 2.66. The van der Waals surface area contributed by atoms with Crippen LogP contribution in [-0.2, 0) is 11.2 Å². The highest BCUT2D eigenvalue weighted by atomic mass is 16.5. The monoisotopic (exact) mass is 343 g/mol. The van der Waals surface area contributed by atoms with Crippen LogP contribution in [0.3, 0.4) is 0 Å². The Morgan fingerprint density at radius 1 is 1.16 bits per heavy atom. The first-order valence-electron chi connectivity index (χ1n) is 8.23. The zero-order valence-electron chi connectivity index (χ0n) is 15.0. The SMILES string of the molecule is COc1ccc(NCCC(=O)N(C)CCc2ccncc2)c(OC)c1. The van der Waals surface area contributed by atoms with Gasteiger partial charge in [-0.2, -0.15) is 0 Å². The van der Waals surface area contributed by atoms with Crippen LogP contribution in [0.5, 0.6) is 11.5 Å². The molecule has 0 spiro atoms. The van der Waals surface area contributed by atoms with E-state index >= 15 is 0 Å². The number of amides is 1. The molecule has 1 aromatic carbocycles. The second-order valence-corrected chi connectivity index (χ2v) is 5.66. The number of benzene rings is 1. The molecule has 1 N–H and O–H groups in total. The molecule has 0 aliphatic carbocycles. The van der Waals surface area contributed by atoms with Gasteiger partial charge >= 0.3 is 0 Å². The molecule has 1 heterocycles. The molecule has 0 unspecified atom stereocenters. The van der Waals surface area contributed by atoms with E-state index < -0.39 is 0 Å². The number of pyridine rings is 1. The zero-order valence-corrected chi connectivity index (χ0v) is 15.0. The van der Waals surface area contributed by atoms with Crippen molar-refractivity contribution >= 4 is 11.6 Å². The molecule has 0 aliphatic heterocycles. The molecule has 25 heavy (non-hydrogen) atoms. The molecular formula is C19H25N3O3. The number of nitrogens with zero attached hydrogens (tertiary/aromatic N) is 2. The lowest BCUT2D eigenvalue weighted by atomic mass is 10.2. The van der Waals surface area contributed by atoms with E-state index in [0.717, 1.165) is 17.9 Å². The molecule has 0 atom stereocenters. The van der Waals surface area contributed by atoms with Crippen molar-refractivity contribution < 1.29 is 14.3 Å². The van der Waals surface area contributed by atoms with Crippen LogP contribution in [0.25, 0.3) is 0 Å². The van der Waals surface area contributed by atoms with Crippen LogP contribution >= 0.6 is 0 Å². The summed E-state index contributed by atoms with van der Waals surface area (Å²) in [5.74, 6) is 1.53. The third-order valence-electron chi connectivity index (χ3n) is 3.97. The number of rotatable bonds is 9. The number of methoxy groups -OCH3 is 2. The van der Waals surface area contributed by atoms with Crippen LogP contribution in [0, 0.1) is 0 Å². The average molecular weight is 343 g/mol. The van der Waals surface area contributed by atoms with Gasteiger partial charge in [-0.05, 0) is 36.2 Å². The minimum Gasteiger partial charge on any atom is -0.497 e.